The molecule has 7 heteroatoms. The van der Waals surface area contributed by atoms with Crippen molar-refractivity contribution in [2.45, 2.75) is 0 Å². The van der Waals surface area contributed by atoms with E-state index in [0.717, 1.165) is 34.2 Å². The minimum atomic E-state index is -0.387. The summed E-state index contributed by atoms with van der Waals surface area (Å²) < 4.78 is 11.9. The number of halogens is 1. The standard InChI is InChI=1S/C20H18BrN3O3/c21-16-5-6-18-15(11-16)12-19(27-18)20(25)23-22-13-14-3-1-2-4-17(14)24-7-9-26-10-8-24/h1-6,11-13H,7-10H2,(H,23,25)/b22-13-. The Balaban J connectivity index is 1.47. The molecule has 0 saturated carbocycles. The maximum absolute atomic E-state index is 12.3. The monoisotopic (exact) mass is 427 g/mol. The van der Waals surface area contributed by atoms with E-state index in [2.05, 4.69) is 31.4 Å². The first-order chi connectivity index (χ1) is 13.2. The number of carbonyl (C=O) groups excluding carboxylic acids is 1. The summed E-state index contributed by atoms with van der Waals surface area (Å²) in [5.41, 5.74) is 5.21. The number of benzene rings is 2. The molecule has 0 bridgehead atoms. The van der Waals surface area contributed by atoms with Gasteiger partial charge in [-0.3, -0.25) is 4.79 Å². The third-order valence-electron chi connectivity index (χ3n) is 4.36. The second kappa shape index (κ2) is 7.94. The van der Waals surface area contributed by atoms with Gasteiger partial charge < -0.3 is 14.1 Å². The number of morpholine rings is 1. The summed E-state index contributed by atoms with van der Waals surface area (Å²) in [5, 5.41) is 4.97. The number of hydrogen-bond donors (Lipinski definition) is 1. The highest BCUT2D eigenvalue weighted by Crippen LogP contribution is 2.23. The van der Waals surface area contributed by atoms with E-state index in [1.807, 2.05) is 42.5 Å². The number of amides is 1. The number of anilines is 1. The number of ether oxygens (including phenoxy) is 1. The van der Waals surface area contributed by atoms with Gasteiger partial charge in [0.1, 0.15) is 5.58 Å². The first-order valence-electron chi connectivity index (χ1n) is 8.65. The van der Waals surface area contributed by atoms with Gasteiger partial charge in [0.2, 0.25) is 0 Å². The molecular weight excluding hydrogens is 410 g/mol. The zero-order chi connectivity index (χ0) is 18.6. The van der Waals surface area contributed by atoms with Gasteiger partial charge in [-0.25, -0.2) is 5.43 Å². The van der Waals surface area contributed by atoms with Crippen LogP contribution in [-0.4, -0.2) is 38.4 Å². The van der Waals surface area contributed by atoms with E-state index >= 15 is 0 Å². The Morgan fingerprint density at radius 2 is 1.96 bits per heavy atom. The maximum atomic E-state index is 12.3. The molecule has 3 aromatic rings. The molecule has 1 fully saturated rings. The molecule has 1 saturated heterocycles. The molecule has 1 N–H and O–H groups in total. The highest BCUT2D eigenvalue weighted by molar-refractivity contribution is 9.10. The number of rotatable bonds is 4. The summed E-state index contributed by atoms with van der Waals surface area (Å²) in [6.07, 6.45) is 1.65. The third-order valence-corrected chi connectivity index (χ3v) is 4.85. The Labute approximate surface area is 164 Å². The van der Waals surface area contributed by atoms with E-state index in [-0.39, 0.29) is 11.7 Å². The van der Waals surface area contributed by atoms with Gasteiger partial charge >= 0.3 is 5.91 Å². The van der Waals surface area contributed by atoms with Crippen molar-refractivity contribution >= 4 is 44.7 Å². The molecule has 1 aliphatic heterocycles. The first-order valence-corrected chi connectivity index (χ1v) is 9.44. The van der Waals surface area contributed by atoms with Gasteiger partial charge in [0, 0.05) is 34.2 Å². The van der Waals surface area contributed by atoms with Crippen LogP contribution in [0.15, 0.2) is 62.5 Å². The lowest BCUT2D eigenvalue weighted by atomic mass is 10.1. The van der Waals surface area contributed by atoms with Crippen molar-refractivity contribution in [2.75, 3.05) is 31.2 Å². The van der Waals surface area contributed by atoms with Gasteiger partial charge in [-0.15, -0.1) is 0 Å². The quantitative estimate of drug-likeness (QED) is 0.507. The minimum Gasteiger partial charge on any atom is -0.451 e. The SMILES string of the molecule is O=C(N/N=C\c1ccccc1N1CCOCC1)c1cc2cc(Br)ccc2o1. The van der Waals surface area contributed by atoms with Crippen molar-refractivity contribution < 1.29 is 13.9 Å². The Morgan fingerprint density at radius 1 is 1.15 bits per heavy atom. The molecular formula is C20H18BrN3O3. The van der Waals surface area contributed by atoms with Crippen molar-refractivity contribution in [1.29, 1.82) is 0 Å². The number of hydrogen-bond acceptors (Lipinski definition) is 5. The van der Waals surface area contributed by atoms with Crippen LogP contribution in [0.5, 0.6) is 0 Å². The lowest BCUT2D eigenvalue weighted by molar-refractivity contribution is 0.0929. The molecule has 1 aromatic heterocycles. The number of carbonyl (C=O) groups is 1. The molecule has 2 heterocycles. The summed E-state index contributed by atoms with van der Waals surface area (Å²) in [5.74, 6) is -0.163. The Bertz CT molecular complexity index is 993. The largest absolute Gasteiger partial charge is 0.451 e. The van der Waals surface area contributed by atoms with Gasteiger partial charge in [-0.2, -0.15) is 5.10 Å². The third kappa shape index (κ3) is 4.04. The van der Waals surface area contributed by atoms with Gasteiger partial charge in [-0.05, 0) is 30.3 Å². The summed E-state index contributed by atoms with van der Waals surface area (Å²) in [6, 6.07) is 15.2. The van der Waals surface area contributed by atoms with Crippen molar-refractivity contribution in [3.8, 4) is 0 Å². The van der Waals surface area contributed by atoms with E-state index in [0.29, 0.717) is 18.8 Å². The van der Waals surface area contributed by atoms with Gasteiger partial charge in [0.05, 0.1) is 19.4 Å². The van der Waals surface area contributed by atoms with Crippen LogP contribution in [-0.2, 0) is 4.74 Å². The highest BCUT2D eigenvalue weighted by Gasteiger charge is 2.14. The van der Waals surface area contributed by atoms with Crippen LogP contribution in [0.4, 0.5) is 5.69 Å². The topological polar surface area (TPSA) is 67.1 Å². The fraction of sp³-hybridized carbons (Fsp3) is 0.200. The van der Waals surface area contributed by atoms with Crippen molar-refractivity contribution in [3.63, 3.8) is 0 Å². The molecule has 0 aliphatic carbocycles. The predicted molar refractivity (Wildman–Crippen MR) is 108 cm³/mol. The fourth-order valence-corrected chi connectivity index (χ4v) is 3.41. The Kier molecular flexibility index (Phi) is 5.22. The zero-order valence-electron chi connectivity index (χ0n) is 14.5. The molecule has 0 unspecified atom stereocenters. The molecule has 2 aromatic carbocycles. The normalized spacial score (nSPS) is 14.8. The van der Waals surface area contributed by atoms with Crippen molar-refractivity contribution in [2.24, 2.45) is 5.10 Å². The lowest BCUT2D eigenvalue weighted by Gasteiger charge is -2.29. The van der Waals surface area contributed by atoms with Crippen LogP contribution >= 0.6 is 15.9 Å². The molecule has 1 amide bonds. The van der Waals surface area contributed by atoms with E-state index in [4.69, 9.17) is 9.15 Å². The maximum Gasteiger partial charge on any atom is 0.307 e. The van der Waals surface area contributed by atoms with Gasteiger partial charge in [0.25, 0.3) is 0 Å². The van der Waals surface area contributed by atoms with Crippen LogP contribution in [0.2, 0.25) is 0 Å². The van der Waals surface area contributed by atoms with E-state index in [9.17, 15) is 4.79 Å². The van der Waals surface area contributed by atoms with Gasteiger partial charge in [0.15, 0.2) is 5.76 Å². The molecule has 0 spiro atoms. The Hall–Kier alpha value is -2.64. The van der Waals surface area contributed by atoms with Crippen molar-refractivity contribution in [1.82, 2.24) is 5.43 Å². The minimum absolute atomic E-state index is 0.224. The van der Waals surface area contributed by atoms with Gasteiger partial charge in [-0.1, -0.05) is 34.1 Å². The summed E-state index contributed by atoms with van der Waals surface area (Å²) in [4.78, 5) is 14.6. The average Bonchev–Trinajstić information content (AvgIpc) is 3.12. The second-order valence-electron chi connectivity index (χ2n) is 6.15. The van der Waals surface area contributed by atoms with E-state index in [1.165, 1.54) is 0 Å². The Morgan fingerprint density at radius 3 is 2.81 bits per heavy atom. The predicted octanol–water partition coefficient (Wildman–Crippen LogP) is 3.80. The number of para-hydroxylation sites is 1. The van der Waals surface area contributed by atoms with E-state index < -0.39 is 0 Å². The molecule has 0 radical (unpaired) electrons. The first kappa shape index (κ1) is 17.8. The molecule has 0 atom stereocenters. The number of fused-ring (bicyclic) bond motifs is 1. The van der Waals surface area contributed by atoms with E-state index in [1.54, 1.807) is 12.3 Å². The highest BCUT2D eigenvalue weighted by atomic mass is 79.9. The van der Waals surface area contributed by atoms with Crippen LogP contribution < -0.4 is 10.3 Å². The molecule has 138 valence electrons. The summed E-state index contributed by atoms with van der Waals surface area (Å²) >= 11 is 3.41. The zero-order valence-corrected chi connectivity index (χ0v) is 16.1. The molecule has 1 aliphatic rings. The molecule has 4 rings (SSSR count). The summed E-state index contributed by atoms with van der Waals surface area (Å²) in [7, 11) is 0. The fourth-order valence-electron chi connectivity index (χ4n) is 3.03. The van der Waals surface area contributed by atoms with Crippen LogP contribution in [0.1, 0.15) is 16.1 Å². The number of nitrogens with one attached hydrogen (secondary N) is 1. The lowest BCUT2D eigenvalue weighted by Crippen LogP contribution is -2.36. The summed E-state index contributed by atoms with van der Waals surface area (Å²) in [6.45, 7) is 3.10. The van der Waals surface area contributed by atoms with Crippen LogP contribution in [0.3, 0.4) is 0 Å². The molecule has 27 heavy (non-hydrogen) atoms. The average molecular weight is 428 g/mol. The number of furan rings is 1. The number of nitrogens with zero attached hydrogens (tertiary/aromatic N) is 2. The van der Waals surface area contributed by atoms with Crippen LogP contribution in [0.25, 0.3) is 11.0 Å². The smallest absolute Gasteiger partial charge is 0.307 e. The van der Waals surface area contributed by atoms with Crippen LogP contribution in [0, 0.1) is 0 Å². The number of hydrazone groups is 1. The second-order valence-corrected chi connectivity index (χ2v) is 7.07. The molecule has 6 nitrogen and oxygen atoms in total. The van der Waals surface area contributed by atoms with Crippen molar-refractivity contribution in [3.05, 3.63) is 64.3 Å².